The number of benzene rings is 1. The molecule has 0 spiro atoms. The van der Waals surface area contributed by atoms with Gasteiger partial charge in [-0.05, 0) is 60.4 Å². The Balaban J connectivity index is 0.00000512. The molecule has 1 aromatic carbocycles. The first-order chi connectivity index (χ1) is 14.4. The molecule has 0 saturated carbocycles. The molecule has 1 N–H and O–H groups in total. The third kappa shape index (κ3) is 7.02. The van der Waals surface area contributed by atoms with Crippen molar-refractivity contribution in [3.63, 3.8) is 0 Å². The quantitative estimate of drug-likeness (QED) is 0.585. The summed E-state index contributed by atoms with van der Waals surface area (Å²) in [6, 6.07) is 3.05. The van der Waals surface area contributed by atoms with Crippen LogP contribution in [0.2, 0.25) is 0 Å². The molecule has 0 atom stereocenters. The van der Waals surface area contributed by atoms with Crippen LogP contribution in [0, 0.1) is 5.82 Å². The summed E-state index contributed by atoms with van der Waals surface area (Å²) in [4.78, 5) is 14.6. The van der Waals surface area contributed by atoms with Crippen molar-refractivity contribution in [2.45, 2.75) is 58.0 Å². The van der Waals surface area contributed by atoms with Crippen LogP contribution in [-0.2, 0) is 23.6 Å². The third-order valence-corrected chi connectivity index (χ3v) is 6.17. The number of hydrogen-bond donors (Lipinski definition) is 1. The number of nitrogens with zero attached hydrogens (tertiary/aromatic N) is 4. The van der Waals surface area contributed by atoms with Gasteiger partial charge in [0.15, 0.2) is 11.1 Å². The van der Waals surface area contributed by atoms with Crippen LogP contribution in [0.4, 0.5) is 14.9 Å². The Labute approximate surface area is 212 Å². The van der Waals surface area contributed by atoms with Crippen LogP contribution in [0.15, 0.2) is 23.2 Å². The molecule has 11 heteroatoms. The zero-order valence-electron chi connectivity index (χ0n) is 20.1. The van der Waals surface area contributed by atoms with Crippen molar-refractivity contribution in [2.75, 3.05) is 18.9 Å². The second kappa shape index (κ2) is 11.6. The summed E-state index contributed by atoms with van der Waals surface area (Å²) < 4.78 is 44.3. The number of aromatic nitrogens is 2. The summed E-state index contributed by atoms with van der Waals surface area (Å²) in [7, 11) is -0.767. The van der Waals surface area contributed by atoms with E-state index in [0.29, 0.717) is 29.1 Å². The van der Waals surface area contributed by atoms with Crippen LogP contribution in [-0.4, -0.2) is 42.7 Å². The van der Waals surface area contributed by atoms with E-state index in [0.717, 1.165) is 6.54 Å². The first kappa shape index (κ1) is 28.6. The van der Waals surface area contributed by atoms with Gasteiger partial charge in [-0.3, -0.25) is 9.48 Å². The second-order valence-corrected chi connectivity index (χ2v) is 9.74. The molecular formula is C21H31FN5NaO3S. The van der Waals surface area contributed by atoms with Gasteiger partial charge in [0.2, 0.25) is 10.0 Å². The Morgan fingerprint density at radius 3 is 2.19 bits per heavy atom. The van der Waals surface area contributed by atoms with E-state index in [-0.39, 0.29) is 46.4 Å². The Kier molecular flexibility index (Phi) is 10.4. The minimum absolute atomic E-state index is 0. The van der Waals surface area contributed by atoms with E-state index in [4.69, 9.17) is 0 Å². The first-order valence-corrected chi connectivity index (χ1v) is 11.6. The summed E-state index contributed by atoms with van der Waals surface area (Å²) >= 11 is 0. The minimum atomic E-state index is -4.31. The van der Waals surface area contributed by atoms with Gasteiger partial charge in [-0.2, -0.15) is 5.10 Å². The number of sulfonamides is 1. The molecule has 0 aliphatic rings. The van der Waals surface area contributed by atoms with E-state index in [9.17, 15) is 17.6 Å². The van der Waals surface area contributed by atoms with E-state index >= 15 is 0 Å². The minimum Gasteiger partial charge on any atom is -0.423 e. The average molecular weight is 476 g/mol. The van der Waals surface area contributed by atoms with E-state index in [1.165, 1.54) is 22.9 Å². The maximum absolute atomic E-state index is 14.1. The maximum atomic E-state index is 14.1. The predicted octanol–water partition coefficient (Wildman–Crippen LogP) is 1.56. The molecule has 0 aliphatic carbocycles. The van der Waals surface area contributed by atoms with Crippen LogP contribution in [0.25, 0.3) is 4.72 Å². The van der Waals surface area contributed by atoms with E-state index in [1.54, 1.807) is 7.05 Å². The Hall–Kier alpha value is -1.46. The largest absolute Gasteiger partial charge is 1.00 e. The van der Waals surface area contributed by atoms with Gasteiger partial charge in [0.25, 0.3) is 0 Å². The van der Waals surface area contributed by atoms with Crippen molar-refractivity contribution in [3.8, 4) is 0 Å². The Morgan fingerprint density at radius 1 is 1.19 bits per heavy atom. The van der Waals surface area contributed by atoms with Gasteiger partial charge in [0.1, 0.15) is 5.82 Å². The van der Waals surface area contributed by atoms with Crippen LogP contribution in [0.1, 0.15) is 63.3 Å². The number of rotatable bonds is 8. The van der Waals surface area contributed by atoms with Gasteiger partial charge in [-0.15, -0.1) is 0 Å². The fourth-order valence-corrected chi connectivity index (χ4v) is 4.00. The Bertz CT molecular complexity index is 1020. The monoisotopic (exact) mass is 475 g/mol. The fourth-order valence-electron chi connectivity index (χ4n) is 3.13. The summed E-state index contributed by atoms with van der Waals surface area (Å²) in [5.74, 6) is -0.587. The first-order valence-electron chi connectivity index (χ1n) is 10.2. The number of urea groups is 1. The standard InChI is InChI=1S/C21H32FN5O3S.Na/c1-8-26(6)12-16-11-19(24-27(16)7)31(29,30)25-21(28)23-20-17(13(2)3)9-15(22)10-18(20)14(4)5;/h9-11,13-14H,8,12H2,1-7H3,(H2,23,25,28);/q;+1/p-1. The molecule has 8 nitrogen and oxygen atoms in total. The topological polar surface area (TPSA) is 98.4 Å². The fraction of sp³-hybridized carbons (Fsp3) is 0.524. The number of amides is 2. The molecule has 32 heavy (non-hydrogen) atoms. The summed E-state index contributed by atoms with van der Waals surface area (Å²) in [6.07, 6.45) is 0. The van der Waals surface area contributed by atoms with Crippen molar-refractivity contribution in [1.29, 1.82) is 0 Å². The van der Waals surface area contributed by atoms with E-state index in [1.807, 2.05) is 46.6 Å². The zero-order chi connectivity index (χ0) is 23.5. The van der Waals surface area contributed by atoms with Gasteiger partial charge in [-0.25, -0.2) is 12.8 Å². The molecule has 172 valence electrons. The number of carbonyl (C=O) groups is 1. The number of carbonyl (C=O) groups excluding carboxylic acids is 1. The SMILES string of the molecule is CCN(C)Cc1cc(S(=O)(=O)[N-]C(=O)Nc2c(C(C)C)cc(F)cc2C(C)C)nn1C.[Na+]. The molecule has 2 aromatic rings. The van der Waals surface area contributed by atoms with Crippen LogP contribution >= 0.6 is 0 Å². The van der Waals surface area contributed by atoms with E-state index < -0.39 is 21.9 Å². The average Bonchev–Trinajstić information content (AvgIpc) is 3.03. The van der Waals surface area contributed by atoms with Crippen molar-refractivity contribution in [3.05, 3.63) is 45.6 Å². The molecule has 2 rings (SSSR count). The molecule has 0 bridgehead atoms. The number of nitrogens with one attached hydrogen (secondary N) is 1. The summed E-state index contributed by atoms with van der Waals surface area (Å²) in [6.45, 7) is 10.7. The number of hydrogen-bond acceptors (Lipinski definition) is 5. The van der Waals surface area contributed by atoms with Crippen molar-refractivity contribution in [2.24, 2.45) is 7.05 Å². The zero-order valence-corrected chi connectivity index (χ0v) is 22.9. The second-order valence-electron chi connectivity index (χ2n) is 8.19. The molecular weight excluding hydrogens is 444 g/mol. The summed E-state index contributed by atoms with van der Waals surface area (Å²) in [5, 5.41) is 6.28. The molecule has 1 aromatic heterocycles. The molecule has 0 unspecified atom stereocenters. The number of halogens is 1. The normalized spacial score (nSPS) is 11.7. The van der Waals surface area contributed by atoms with Crippen LogP contribution in [0.3, 0.4) is 0 Å². The molecule has 0 fully saturated rings. The predicted molar refractivity (Wildman–Crippen MR) is 119 cm³/mol. The van der Waals surface area contributed by atoms with Gasteiger partial charge in [-0.1, -0.05) is 34.6 Å². The molecule has 0 radical (unpaired) electrons. The Morgan fingerprint density at radius 2 is 1.72 bits per heavy atom. The van der Waals surface area contributed by atoms with E-state index in [2.05, 4.69) is 15.1 Å². The van der Waals surface area contributed by atoms with Gasteiger partial charge in [0.05, 0.1) is 5.69 Å². The maximum Gasteiger partial charge on any atom is 1.00 e. The van der Waals surface area contributed by atoms with Crippen LogP contribution < -0.4 is 34.9 Å². The van der Waals surface area contributed by atoms with Crippen molar-refractivity contribution < 1.29 is 47.2 Å². The number of aryl methyl sites for hydroxylation is 1. The third-order valence-electron chi connectivity index (χ3n) is 5.03. The molecule has 2 amide bonds. The van der Waals surface area contributed by atoms with Crippen LogP contribution in [0.5, 0.6) is 0 Å². The van der Waals surface area contributed by atoms with Gasteiger partial charge < -0.3 is 14.9 Å². The van der Waals surface area contributed by atoms with Gasteiger partial charge in [0, 0.05) is 13.6 Å². The molecule has 1 heterocycles. The smallest absolute Gasteiger partial charge is 0.423 e. The number of anilines is 1. The van der Waals surface area contributed by atoms with Gasteiger partial charge >= 0.3 is 29.6 Å². The summed E-state index contributed by atoms with van der Waals surface area (Å²) in [5.41, 5.74) is 2.22. The molecule has 0 saturated heterocycles. The molecule has 0 aliphatic heterocycles. The van der Waals surface area contributed by atoms with Crippen molar-refractivity contribution in [1.82, 2.24) is 14.7 Å². The van der Waals surface area contributed by atoms with Crippen molar-refractivity contribution >= 4 is 21.7 Å².